The number of thioether (sulfide) groups is 1. The lowest BCUT2D eigenvalue weighted by atomic mass is 10.2. The molecule has 3 rings (SSSR count). The van der Waals surface area contributed by atoms with E-state index in [2.05, 4.69) is 27.2 Å². The third-order valence-corrected chi connectivity index (χ3v) is 4.77. The minimum absolute atomic E-state index is 0.0602. The molecule has 0 saturated heterocycles. The lowest BCUT2D eigenvalue weighted by Crippen LogP contribution is -2.19. The number of aliphatic hydroxyl groups excluding tert-OH is 1. The minimum atomic E-state index is -0.389. The van der Waals surface area contributed by atoms with Crippen molar-refractivity contribution in [1.29, 1.82) is 0 Å². The maximum absolute atomic E-state index is 10.0. The van der Waals surface area contributed by atoms with Crippen molar-refractivity contribution in [1.82, 2.24) is 25.0 Å². The molecule has 6 nitrogen and oxygen atoms in total. The van der Waals surface area contributed by atoms with E-state index in [9.17, 15) is 5.11 Å². The van der Waals surface area contributed by atoms with E-state index in [-0.39, 0.29) is 12.1 Å². The standard InChI is InChI=1S/C12H16ClN5OS/c1-2-6-20-12-14-10(13)9-11(15-12)18(17-16-9)7-4-3-5-8(7)19/h7-8,19H,2-6H2,1H3. The van der Waals surface area contributed by atoms with E-state index < -0.39 is 0 Å². The number of fused-ring (bicyclic) bond motifs is 1. The van der Waals surface area contributed by atoms with Gasteiger partial charge in [-0.25, -0.2) is 14.6 Å². The fourth-order valence-electron chi connectivity index (χ4n) is 2.47. The van der Waals surface area contributed by atoms with Gasteiger partial charge in [-0.3, -0.25) is 0 Å². The van der Waals surface area contributed by atoms with Gasteiger partial charge in [0.15, 0.2) is 21.5 Å². The molecule has 0 aromatic carbocycles. The molecule has 1 aliphatic carbocycles. The molecular formula is C12H16ClN5OS. The summed E-state index contributed by atoms with van der Waals surface area (Å²) >= 11 is 7.72. The van der Waals surface area contributed by atoms with Crippen LogP contribution < -0.4 is 0 Å². The van der Waals surface area contributed by atoms with E-state index in [4.69, 9.17) is 11.6 Å². The van der Waals surface area contributed by atoms with E-state index in [1.807, 2.05) is 0 Å². The lowest BCUT2D eigenvalue weighted by molar-refractivity contribution is 0.131. The van der Waals surface area contributed by atoms with Gasteiger partial charge in [-0.2, -0.15) is 0 Å². The highest BCUT2D eigenvalue weighted by Crippen LogP contribution is 2.32. The van der Waals surface area contributed by atoms with E-state index in [1.165, 1.54) is 0 Å². The Labute approximate surface area is 125 Å². The first kappa shape index (κ1) is 14.0. The molecular weight excluding hydrogens is 298 g/mol. The lowest BCUT2D eigenvalue weighted by Gasteiger charge is -2.14. The summed E-state index contributed by atoms with van der Waals surface area (Å²) in [4.78, 5) is 8.74. The molecule has 2 aromatic heterocycles. The van der Waals surface area contributed by atoms with Crippen LogP contribution in [-0.4, -0.2) is 41.9 Å². The average molecular weight is 314 g/mol. The van der Waals surface area contributed by atoms with E-state index >= 15 is 0 Å². The maximum atomic E-state index is 10.0. The summed E-state index contributed by atoms with van der Waals surface area (Å²) in [5, 5.41) is 19.2. The molecule has 108 valence electrons. The van der Waals surface area contributed by atoms with Gasteiger partial charge in [0.25, 0.3) is 0 Å². The summed E-state index contributed by atoms with van der Waals surface area (Å²) in [5.74, 6) is 0.940. The highest BCUT2D eigenvalue weighted by Gasteiger charge is 2.30. The molecule has 0 amide bonds. The SMILES string of the molecule is CCCSc1nc(Cl)c2nnn(C3CCCC3O)c2n1. The Bertz CT molecular complexity index is 619. The first-order valence-corrected chi connectivity index (χ1v) is 8.16. The van der Waals surface area contributed by atoms with Crippen LogP contribution in [-0.2, 0) is 0 Å². The quantitative estimate of drug-likeness (QED) is 0.531. The molecule has 2 aromatic rings. The minimum Gasteiger partial charge on any atom is -0.391 e. The van der Waals surface area contributed by atoms with Crippen molar-refractivity contribution >= 4 is 34.5 Å². The van der Waals surface area contributed by atoms with E-state index in [0.29, 0.717) is 21.5 Å². The zero-order valence-corrected chi connectivity index (χ0v) is 12.7. The zero-order valence-electron chi connectivity index (χ0n) is 11.2. The summed E-state index contributed by atoms with van der Waals surface area (Å²) in [7, 11) is 0. The normalized spacial score (nSPS) is 22.8. The summed E-state index contributed by atoms with van der Waals surface area (Å²) in [6.45, 7) is 2.10. The van der Waals surface area contributed by atoms with Gasteiger partial charge in [-0.05, 0) is 25.7 Å². The molecule has 1 saturated carbocycles. The Morgan fingerprint density at radius 3 is 2.95 bits per heavy atom. The van der Waals surface area contributed by atoms with Crippen molar-refractivity contribution in [3.63, 3.8) is 0 Å². The molecule has 0 bridgehead atoms. The number of hydrogen-bond donors (Lipinski definition) is 1. The number of halogens is 1. The number of hydrogen-bond acceptors (Lipinski definition) is 6. The fourth-order valence-corrected chi connectivity index (χ4v) is 3.41. The third-order valence-electron chi connectivity index (χ3n) is 3.45. The van der Waals surface area contributed by atoms with Crippen LogP contribution in [0.1, 0.15) is 38.6 Å². The highest BCUT2D eigenvalue weighted by atomic mass is 35.5. The van der Waals surface area contributed by atoms with Crippen LogP contribution in [0.2, 0.25) is 5.15 Å². The molecule has 2 unspecified atom stereocenters. The largest absolute Gasteiger partial charge is 0.391 e. The Balaban J connectivity index is 2.02. The second kappa shape index (κ2) is 5.83. The average Bonchev–Trinajstić information content (AvgIpc) is 3.02. The summed E-state index contributed by atoms with van der Waals surface area (Å²) in [6.07, 6.45) is 3.33. The van der Waals surface area contributed by atoms with Crippen molar-refractivity contribution in [2.75, 3.05) is 5.75 Å². The monoisotopic (exact) mass is 313 g/mol. The molecule has 0 radical (unpaired) electrons. The zero-order chi connectivity index (χ0) is 14.1. The number of aliphatic hydroxyl groups is 1. The van der Waals surface area contributed by atoms with Crippen LogP contribution in [0.25, 0.3) is 11.2 Å². The van der Waals surface area contributed by atoms with Crippen molar-refractivity contribution in [2.24, 2.45) is 0 Å². The van der Waals surface area contributed by atoms with E-state index in [0.717, 1.165) is 31.4 Å². The molecule has 1 N–H and O–H groups in total. The van der Waals surface area contributed by atoms with Crippen molar-refractivity contribution in [3.05, 3.63) is 5.15 Å². The predicted molar refractivity (Wildman–Crippen MR) is 78.0 cm³/mol. The van der Waals surface area contributed by atoms with Gasteiger partial charge in [0.1, 0.15) is 0 Å². The molecule has 8 heteroatoms. The fraction of sp³-hybridized carbons (Fsp3) is 0.667. The van der Waals surface area contributed by atoms with Gasteiger partial charge < -0.3 is 5.11 Å². The first-order valence-electron chi connectivity index (χ1n) is 6.80. The van der Waals surface area contributed by atoms with Crippen LogP contribution in [0.5, 0.6) is 0 Å². The Kier molecular flexibility index (Phi) is 4.09. The maximum Gasteiger partial charge on any atom is 0.191 e. The molecule has 20 heavy (non-hydrogen) atoms. The summed E-state index contributed by atoms with van der Waals surface area (Å²) < 4.78 is 1.70. The predicted octanol–water partition coefficient (Wildman–Crippen LogP) is 2.46. The van der Waals surface area contributed by atoms with E-state index in [1.54, 1.807) is 16.4 Å². The molecule has 2 heterocycles. The Hall–Kier alpha value is -0.920. The molecule has 0 aliphatic heterocycles. The van der Waals surface area contributed by atoms with Crippen LogP contribution >= 0.6 is 23.4 Å². The van der Waals surface area contributed by atoms with Crippen LogP contribution in [0.4, 0.5) is 0 Å². The van der Waals surface area contributed by atoms with Crippen molar-refractivity contribution < 1.29 is 5.11 Å². The number of rotatable bonds is 4. The van der Waals surface area contributed by atoms with Crippen molar-refractivity contribution in [3.8, 4) is 0 Å². The number of aromatic nitrogens is 5. The van der Waals surface area contributed by atoms with Crippen LogP contribution in [0.3, 0.4) is 0 Å². The second-order valence-electron chi connectivity index (χ2n) is 4.92. The van der Waals surface area contributed by atoms with Gasteiger partial charge in [0.05, 0.1) is 12.1 Å². The van der Waals surface area contributed by atoms with Crippen LogP contribution in [0, 0.1) is 0 Å². The van der Waals surface area contributed by atoms with Gasteiger partial charge in [0.2, 0.25) is 0 Å². The summed E-state index contributed by atoms with van der Waals surface area (Å²) in [6, 6.07) is -0.0602. The first-order chi connectivity index (χ1) is 9.70. The van der Waals surface area contributed by atoms with Crippen molar-refractivity contribution in [2.45, 2.75) is 49.9 Å². The summed E-state index contributed by atoms with van der Waals surface area (Å²) in [5.41, 5.74) is 1.13. The van der Waals surface area contributed by atoms with Gasteiger partial charge in [-0.15, -0.1) is 5.10 Å². The van der Waals surface area contributed by atoms with Gasteiger partial charge in [-0.1, -0.05) is 35.5 Å². The molecule has 2 atom stereocenters. The van der Waals surface area contributed by atoms with Gasteiger partial charge >= 0.3 is 0 Å². The Morgan fingerprint density at radius 2 is 2.25 bits per heavy atom. The highest BCUT2D eigenvalue weighted by molar-refractivity contribution is 7.99. The molecule has 0 spiro atoms. The second-order valence-corrected chi connectivity index (χ2v) is 6.34. The number of nitrogens with zero attached hydrogens (tertiary/aromatic N) is 5. The molecule has 1 aliphatic rings. The smallest absolute Gasteiger partial charge is 0.191 e. The van der Waals surface area contributed by atoms with Crippen LogP contribution in [0.15, 0.2) is 5.16 Å². The molecule has 1 fully saturated rings. The third kappa shape index (κ3) is 2.49. The Morgan fingerprint density at radius 1 is 1.40 bits per heavy atom. The topological polar surface area (TPSA) is 76.7 Å². The van der Waals surface area contributed by atoms with Gasteiger partial charge in [0, 0.05) is 5.75 Å².